The predicted molar refractivity (Wildman–Crippen MR) is 57.0 cm³/mol. The number of benzene rings is 1. The molecule has 2 rings (SSSR count). The Labute approximate surface area is 86.2 Å². The Balaban J connectivity index is 2.74. The maximum Gasteiger partial charge on any atom is 0.251 e. The van der Waals surface area contributed by atoms with Crippen molar-refractivity contribution in [1.82, 2.24) is 15.0 Å². The van der Waals surface area contributed by atoms with Gasteiger partial charge in [0.25, 0.3) is 5.91 Å². The second-order valence-electron chi connectivity index (χ2n) is 3.05. The van der Waals surface area contributed by atoms with Gasteiger partial charge in [0.05, 0.1) is 11.1 Å². The number of nitrogens with two attached hydrogens (primary N) is 1. The zero-order chi connectivity index (χ0) is 10.8. The smallest absolute Gasteiger partial charge is 0.251 e. The molecule has 0 aliphatic rings. The van der Waals surface area contributed by atoms with Gasteiger partial charge in [-0.2, -0.15) is 0 Å². The van der Waals surface area contributed by atoms with Gasteiger partial charge in [0.2, 0.25) is 0 Å². The van der Waals surface area contributed by atoms with Crippen LogP contribution in [0.4, 0.5) is 0 Å². The van der Waals surface area contributed by atoms with Crippen LogP contribution in [0.3, 0.4) is 0 Å². The number of carbonyl (C=O) groups excluding carboxylic acids is 1. The van der Waals surface area contributed by atoms with E-state index < -0.39 is 5.91 Å². The summed E-state index contributed by atoms with van der Waals surface area (Å²) in [5.41, 5.74) is 6.92. The fourth-order valence-corrected chi connectivity index (χ4v) is 1.41. The molecule has 0 radical (unpaired) electrons. The van der Waals surface area contributed by atoms with Gasteiger partial charge in [-0.3, -0.25) is 4.79 Å². The van der Waals surface area contributed by atoms with Crippen molar-refractivity contribution in [1.29, 1.82) is 0 Å². The van der Waals surface area contributed by atoms with Crippen molar-refractivity contribution in [2.75, 3.05) is 0 Å². The molecule has 0 fully saturated rings. The van der Waals surface area contributed by atoms with Gasteiger partial charge in [0.15, 0.2) is 0 Å². The first kappa shape index (κ1) is 9.39. The first-order valence-corrected chi connectivity index (χ1v) is 4.50. The van der Waals surface area contributed by atoms with Crippen LogP contribution in [0.15, 0.2) is 24.3 Å². The van der Waals surface area contributed by atoms with Crippen LogP contribution >= 0.6 is 0 Å². The molecule has 5 nitrogen and oxygen atoms in total. The number of amides is 1. The van der Waals surface area contributed by atoms with Crippen LogP contribution in [0.25, 0.3) is 17.2 Å². The lowest BCUT2D eigenvalue weighted by atomic mass is 10.2. The number of hydrogen-bond acceptors (Lipinski definition) is 3. The summed E-state index contributed by atoms with van der Waals surface area (Å²) in [6, 6.07) is 5.23. The van der Waals surface area contributed by atoms with Crippen molar-refractivity contribution in [3.8, 4) is 0 Å². The lowest BCUT2D eigenvalue weighted by Gasteiger charge is -1.96. The second-order valence-corrected chi connectivity index (χ2v) is 3.05. The molecule has 0 bridgehead atoms. The number of nitrogens with zero attached hydrogens (tertiary/aromatic N) is 3. The number of allylic oxidation sites excluding steroid dienone is 1. The Morgan fingerprint density at radius 1 is 1.53 bits per heavy atom. The summed E-state index contributed by atoms with van der Waals surface area (Å²) in [5, 5.41) is 7.82. The number of carbonyl (C=O) groups is 1. The molecule has 1 aromatic heterocycles. The van der Waals surface area contributed by atoms with Crippen molar-refractivity contribution in [2.24, 2.45) is 5.73 Å². The normalized spacial score (nSPS) is 11.3. The standard InChI is InChI=1S/C10H10N4O/c1-2-6-14-8-5-3-4-7(10(11)15)9(8)12-13-14/h2-6H,1H3,(H2,11,15). The SMILES string of the molecule is CC=Cn1nnc2c(C(N)=O)cccc21. The molecule has 1 aromatic carbocycles. The summed E-state index contributed by atoms with van der Waals surface area (Å²) in [6.07, 6.45) is 3.60. The van der Waals surface area contributed by atoms with E-state index in [1.54, 1.807) is 23.0 Å². The summed E-state index contributed by atoms with van der Waals surface area (Å²) in [6.45, 7) is 1.88. The van der Waals surface area contributed by atoms with Crippen LogP contribution in [-0.4, -0.2) is 20.9 Å². The molecule has 0 unspecified atom stereocenters. The Kier molecular flexibility index (Phi) is 2.21. The van der Waals surface area contributed by atoms with Gasteiger partial charge in [-0.1, -0.05) is 17.4 Å². The van der Waals surface area contributed by atoms with E-state index in [4.69, 9.17) is 5.73 Å². The Bertz CT molecular complexity index is 541. The molecule has 0 aliphatic heterocycles. The van der Waals surface area contributed by atoms with Gasteiger partial charge in [-0.15, -0.1) is 5.10 Å². The highest BCUT2D eigenvalue weighted by Gasteiger charge is 2.10. The van der Waals surface area contributed by atoms with E-state index >= 15 is 0 Å². The maximum atomic E-state index is 11.1. The number of rotatable bonds is 2. The van der Waals surface area contributed by atoms with E-state index in [1.165, 1.54) is 0 Å². The van der Waals surface area contributed by atoms with Crippen LogP contribution in [0.1, 0.15) is 17.3 Å². The first-order chi connectivity index (χ1) is 7.24. The number of primary amides is 1. The molecule has 0 saturated carbocycles. The van der Waals surface area contributed by atoms with Crippen LogP contribution in [0.2, 0.25) is 0 Å². The molecule has 15 heavy (non-hydrogen) atoms. The van der Waals surface area contributed by atoms with Gasteiger partial charge in [0.1, 0.15) is 5.52 Å². The number of fused-ring (bicyclic) bond motifs is 1. The highest BCUT2D eigenvalue weighted by Crippen LogP contribution is 2.15. The van der Waals surface area contributed by atoms with Crippen molar-refractivity contribution >= 4 is 23.1 Å². The molecule has 2 N–H and O–H groups in total. The summed E-state index contributed by atoms with van der Waals surface area (Å²) >= 11 is 0. The zero-order valence-electron chi connectivity index (χ0n) is 8.21. The highest BCUT2D eigenvalue weighted by atomic mass is 16.1. The van der Waals surface area contributed by atoms with E-state index in [2.05, 4.69) is 10.3 Å². The van der Waals surface area contributed by atoms with Gasteiger partial charge in [0, 0.05) is 6.20 Å². The lowest BCUT2D eigenvalue weighted by molar-refractivity contribution is 0.100. The molecule has 5 heteroatoms. The maximum absolute atomic E-state index is 11.1. The molecule has 0 aliphatic carbocycles. The second kappa shape index (κ2) is 3.53. The van der Waals surface area contributed by atoms with Crippen LogP contribution < -0.4 is 5.73 Å². The molecular formula is C10H10N4O. The van der Waals surface area contributed by atoms with E-state index in [9.17, 15) is 4.79 Å². The molecule has 2 aromatic rings. The van der Waals surface area contributed by atoms with E-state index in [-0.39, 0.29) is 0 Å². The summed E-state index contributed by atoms with van der Waals surface area (Å²) < 4.78 is 1.60. The van der Waals surface area contributed by atoms with E-state index in [1.807, 2.05) is 19.1 Å². The number of hydrogen-bond donors (Lipinski definition) is 1. The van der Waals surface area contributed by atoms with E-state index in [0.29, 0.717) is 11.1 Å². The van der Waals surface area contributed by atoms with Crippen LogP contribution in [0, 0.1) is 0 Å². The van der Waals surface area contributed by atoms with E-state index in [0.717, 1.165) is 5.52 Å². The topological polar surface area (TPSA) is 73.8 Å². The molecule has 0 spiro atoms. The minimum Gasteiger partial charge on any atom is -0.366 e. The third-order valence-electron chi connectivity index (χ3n) is 2.06. The van der Waals surface area contributed by atoms with Crippen molar-refractivity contribution in [2.45, 2.75) is 6.92 Å². The summed E-state index contributed by atoms with van der Waals surface area (Å²) in [4.78, 5) is 11.1. The lowest BCUT2D eigenvalue weighted by Crippen LogP contribution is -2.11. The average Bonchev–Trinajstić information content (AvgIpc) is 2.62. The minimum absolute atomic E-state index is 0.392. The fraction of sp³-hybridized carbons (Fsp3) is 0.100. The molecule has 0 saturated heterocycles. The largest absolute Gasteiger partial charge is 0.366 e. The predicted octanol–water partition coefficient (Wildman–Crippen LogP) is 1.02. The molecule has 1 heterocycles. The van der Waals surface area contributed by atoms with Gasteiger partial charge < -0.3 is 5.73 Å². The fourth-order valence-electron chi connectivity index (χ4n) is 1.41. The average molecular weight is 202 g/mol. The molecular weight excluding hydrogens is 192 g/mol. The molecule has 76 valence electrons. The number of aromatic nitrogens is 3. The third-order valence-corrected chi connectivity index (χ3v) is 2.06. The monoisotopic (exact) mass is 202 g/mol. The minimum atomic E-state index is -0.492. The Morgan fingerprint density at radius 2 is 2.33 bits per heavy atom. The quantitative estimate of drug-likeness (QED) is 0.790. The summed E-state index contributed by atoms with van der Waals surface area (Å²) in [7, 11) is 0. The molecule has 0 atom stereocenters. The first-order valence-electron chi connectivity index (χ1n) is 4.50. The van der Waals surface area contributed by atoms with Gasteiger partial charge in [-0.25, -0.2) is 4.68 Å². The molecule has 1 amide bonds. The van der Waals surface area contributed by atoms with Gasteiger partial charge in [-0.05, 0) is 19.1 Å². The third kappa shape index (κ3) is 1.48. The Hall–Kier alpha value is -2.17. The zero-order valence-corrected chi connectivity index (χ0v) is 8.21. The highest BCUT2D eigenvalue weighted by molar-refractivity contribution is 6.04. The van der Waals surface area contributed by atoms with Gasteiger partial charge >= 0.3 is 0 Å². The van der Waals surface area contributed by atoms with Crippen molar-refractivity contribution < 1.29 is 4.79 Å². The van der Waals surface area contributed by atoms with Crippen LogP contribution in [-0.2, 0) is 0 Å². The van der Waals surface area contributed by atoms with Crippen molar-refractivity contribution in [3.63, 3.8) is 0 Å². The van der Waals surface area contributed by atoms with Crippen LogP contribution in [0.5, 0.6) is 0 Å². The van der Waals surface area contributed by atoms with Crippen molar-refractivity contribution in [3.05, 3.63) is 29.8 Å². The Morgan fingerprint density at radius 3 is 3.00 bits per heavy atom. The summed E-state index contributed by atoms with van der Waals surface area (Å²) in [5.74, 6) is -0.492.